The normalized spacial score (nSPS) is 13.1. The molecule has 0 atom stereocenters. The molecule has 16 aromatic carbocycles. The summed E-state index contributed by atoms with van der Waals surface area (Å²) in [6.07, 6.45) is 0. The van der Waals surface area contributed by atoms with E-state index >= 15 is 0 Å². The highest BCUT2D eigenvalue weighted by Gasteiger charge is 2.29. The molecular formula is C121H122. The topological polar surface area (TPSA) is 0 Å². The molecule has 0 N–H and O–H groups in total. The molecule has 0 unspecified atom stereocenters. The highest BCUT2D eigenvalue weighted by molar-refractivity contribution is 5.90. The smallest absolute Gasteiger partial charge is 0.0622 e. The maximum atomic E-state index is 8.69. The van der Waals surface area contributed by atoms with Gasteiger partial charge in [0.25, 0.3) is 0 Å². The standard InChI is InChI=1S/C46H38.C30H38.C23H24.C22H22/c1-46(2,3)45-43(41-29-37(33-17-8-4-9-18-33)27-38(30-41)34-19-10-5-11-20-34)25-16-26-44(45)42-31-39(35-21-12-6-13-22-35)28-40(32-42)36-23-14-7-15-24-36;1-28(2,3)23-17-13-21(14-18-23)25-11-10-12-26(27(25)30(7,8)9)22-15-19-24(20-16-22)29(4,5)6;1-17-10-8-13-19(16-17)21-15-9-14-20(22(21)23(2,3)4)18-11-6-5-7-12-18;1-22(2,3)21-15-19(17-10-6-4-7-11-17)14-20(16-21)18-12-8-5-9-13-18/h4-32H,1-3H3;10-20H,1-9H3;5-16H,1-4H3;4-16H,1-3H3/i;;5D,6D,7D,8D,9D,10D,11D,12D,13D,14D,15D,16D;. The van der Waals surface area contributed by atoms with E-state index in [1.165, 1.54) is 146 Å². The summed E-state index contributed by atoms with van der Waals surface area (Å²) >= 11 is 0. The Hall–Kier alpha value is -12.5. The molecule has 606 valence electrons. The minimum Gasteiger partial charge on any atom is -0.0622 e. The van der Waals surface area contributed by atoms with Gasteiger partial charge in [0.15, 0.2) is 0 Å². The van der Waals surface area contributed by atoms with E-state index in [0.29, 0.717) is 0 Å². The molecule has 16 aromatic rings. The second-order valence-electron chi connectivity index (χ2n) is 37.7. The highest BCUT2D eigenvalue weighted by atomic mass is 14.3. The molecule has 0 radical (unpaired) electrons. The average Bonchev–Trinajstić information content (AvgIpc) is 0.714. The van der Waals surface area contributed by atoms with Gasteiger partial charge in [-0.3, -0.25) is 0 Å². The fraction of sp³-hybridized carbons (Fsp3) is 0.207. The lowest BCUT2D eigenvalue weighted by Gasteiger charge is -2.28. The molecule has 0 aliphatic rings. The van der Waals surface area contributed by atoms with E-state index in [-0.39, 0.29) is 72.5 Å². The summed E-state index contributed by atoms with van der Waals surface area (Å²) in [7, 11) is 0. The van der Waals surface area contributed by atoms with Crippen molar-refractivity contribution < 1.29 is 16.4 Å². The third-order valence-electron chi connectivity index (χ3n) is 22.1. The molecule has 0 bridgehead atoms. The molecule has 0 aliphatic heterocycles. The van der Waals surface area contributed by atoms with Crippen LogP contribution in [0.4, 0.5) is 0 Å². The van der Waals surface area contributed by atoms with E-state index in [9.17, 15) is 0 Å². The first-order chi connectivity index (χ1) is 62.7. The summed E-state index contributed by atoms with van der Waals surface area (Å²) < 4.78 is 100. The summed E-state index contributed by atoms with van der Waals surface area (Å²) in [4.78, 5) is 0. The van der Waals surface area contributed by atoms with Gasteiger partial charge in [0.2, 0.25) is 0 Å². The Bertz CT molecular complexity index is 6310. The summed E-state index contributed by atoms with van der Waals surface area (Å²) in [6, 6.07) is 111. The first-order valence-corrected chi connectivity index (χ1v) is 42.3. The first-order valence-electron chi connectivity index (χ1n) is 48.3. The Morgan fingerprint density at radius 1 is 0.165 bits per heavy atom. The summed E-state index contributed by atoms with van der Waals surface area (Å²) in [5, 5.41) is 0. The van der Waals surface area contributed by atoms with Crippen LogP contribution in [0.15, 0.2) is 394 Å². The van der Waals surface area contributed by atoms with Crippen LogP contribution in [0, 0.1) is 6.92 Å². The van der Waals surface area contributed by atoms with E-state index in [1.807, 2.05) is 0 Å². The van der Waals surface area contributed by atoms with Gasteiger partial charge in [0.05, 0.1) is 16.4 Å². The third kappa shape index (κ3) is 21.6. The molecule has 0 saturated heterocycles. The van der Waals surface area contributed by atoms with Crippen molar-refractivity contribution in [3.63, 3.8) is 0 Å². The largest absolute Gasteiger partial charge is 0.0632 e. The number of rotatable bonds is 12. The fourth-order valence-electron chi connectivity index (χ4n) is 15.9. The third-order valence-corrected chi connectivity index (χ3v) is 22.1. The van der Waals surface area contributed by atoms with Gasteiger partial charge >= 0.3 is 0 Å². The van der Waals surface area contributed by atoms with Crippen molar-refractivity contribution in [1.29, 1.82) is 0 Å². The van der Waals surface area contributed by atoms with Crippen LogP contribution >= 0.6 is 0 Å². The second kappa shape index (κ2) is 37.0. The number of hydrogen-bond acceptors (Lipinski definition) is 0. The van der Waals surface area contributed by atoms with Gasteiger partial charge in [0.1, 0.15) is 0 Å². The maximum absolute atomic E-state index is 8.69. The quantitative estimate of drug-likeness (QED) is 0.114. The van der Waals surface area contributed by atoms with Crippen LogP contribution < -0.4 is 0 Å². The van der Waals surface area contributed by atoms with Gasteiger partial charge in [-0.1, -0.05) is 482 Å². The van der Waals surface area contributed by atoms with Gasteiger partial charge in [-0.15, -0.1) is 0 Å². The molecule has 0 saturated carbocycles. The van der Waals surface area contributed by atoms with Crippen molar-refractivity contribution in [2.75, 3.05) is 0 Å². The Labute approximate surface area is 742 Å². The highest BCUT2D eigenvalue weighted by Crippen LogP contribution is 2.47. The lowest BCUT2D eigenvalue weighted by molar-refractivity contribution is 0.589. The molecular weight excluding hydrogens is 1450 g/mol. The van der Waals surface area contributed by atoms with E-state index in [2.05, 4.69) is 425 Å². The zero-order chi connectivity index (χ0) is 96.3. The fourth-order valence-corrected chi connectivity index (χ4v) is 15.9. The summed E-state index contributed by atoms with van der Waals surface area (Å²) in [5.41, 5.74) is 31.0. The van der Waals surface area contributed by atoms with Gasteiger partial charge in [-0.05, 0) is 249 Å². The van der Waals surface area contributed by atoms with Crippen molar-refractivity contribution in [3.05, 3.63) is 433 Å². The van der Waals surface area contributed by atoms with E-state index < -0.39 is 65.8 Å². The summed E-state index contributed by atoms with van der Waals surface area (Å²) in [6.45, 7) is 41.0. The molecule has 0 aromatic heterocycles. The molecule has 0 heterocycles. The molecule has 0 amide bonds. The van der Waals surface area contributed by atoms with Crippen molar-refractivity contribution >= 4 is 0 Å². The number of hydrogen-bond donors (Lipinski definition) is 0. The van der Waals surface area contributed by atoms with Crippen LogP contribution in [-0.2, 0) is 32.5 Å². The average molecular weight is 1590 g/mol. The van der Waals surface area contributed by atoms with Gasteiger partial charge in [0, 0.05) is 0 Å². The van der Waals surface area contributed by atoms with Crippen LogP contribution in [0.1, 0.15) is 180 Å². The zero-order valence-corrected chi connectivity index (χ0v) is 74.1. The van der Waals surface area contributed by atoms with Gasteiger partial charge < -0.3 is 0 Å². The monoisotopic (exact) mass is 1590 g/mol. The van der Waals surface area contributed by atoms with Crippen molar-refractivity contribution in [2.24, 2.45) is 0 Å². The van der Waals surface area contributed by atoms with Crippen molar-refractivity contribution in [2.45, 2.75) is 164 Å². The molecule has 0 nitrogen and oxygen atoms in total. The summed E-state index contributed by atoms with van der Waals surface area (Å²) in [5.74, 6) is 0. The van der Waals surface area contributed by atoms with Crippen molar-refractivity contribution in [1.82, 2.24) is 0 Å². The maximum Gasteiger partial charge on any atom is 0.0632 e. The second-order valence-corrected chi connectivity index (χ2v) is 37.7. The van der Waals surface area contributed by atoms with E-state index in [4.69, 9.17) is 16.4 Å². The lowest BCUT2D eigenvalue weighted by Crippen LogP contribution is -2.15. The van der Waals surface area contributed by atoms with Gasteiger partial charge in [-0.25, -0.2) is 0 Å². The Morgan fingerprint density at radius 3 is 0.702 bits per heavy atom. The Balaban J connectivity index is 0.000000156. The van der Waals surface area contributed by atoms with E-state index in [0.717, 1.165) is 0 Å². The Kier molecular flexibility index (Phi) is 21.9. The van der Waals surface area contributed by atoms with Crippen LogP contribution in [0.2, 0.25) is 0 Å². The van der Waals surface area contributed by atoms with Gasteiger partial charge in [-0.2, -0.15) is 0 Å². The molecule has 16 rings (SSSR count). The Morgan fingerprint density at radius 2 is 0.413 bits per heavy atom. The lowest BCUT2D eigenvalue weighted by atomic mass is 9.76. The van der Waals surface area contributed by atoms with Crippen molar-refractivity contribution in [3.8, 4) is 134 Å². The van der Waals surface area contributed by atoms with Crippen LogP contribution in [0.5, 0.6) is 0 Å². The van der Waals surface area contributed by atoms with Crippen LogP contribution in [0.25, 0.3) is 134 Å². The van der Waals surface area contributed by atoms with Crippen LogP contribution in [0.3, 0.4) is 0 Å². The predicted octanol–water partition coefficient (Wildman–Crippen LogP) is 34.8. The zero-order valence-electron chi connectivity index (χ0n) is 86.1. The molecule has 0 spiro atoms. The molecule has 0 heteroatoms. The minimum absolute atomic E-state index is 0.0390. The van der Waals surface area contributed by atoms with Crippen LogP contribution in [-0.4, -0.2) is 0 Å². The molecule has 0 fully saturated rings. The first kappa shape index (κ1) is 71.4. The number of benzene rings is 16. The molecule has 121 heavy (non-hydrogen) atoms. The minimum atomic E-state index is -0.943. The SMILES string of the molecule is CC(C)(C)c1c(-c2cc(-c3ccccc3)cc(-c3ccccc3)c2)cccc1-c1cc(-c2ccccc2)cc(-c2ccccc2)c1.CC(C)(C)c1cc(-c2ccccc2)cc(-c2ccccc2)c1.CC(C)(C)c1ccc(-c2cccc(-c3ccc(C(C)(C)C)cc3)c2C(C)(C)C)cc1.[2H]c1c([2H])c([2H])c(-c2c([2H])c([2H])c([2H])c(-c3c([2H])c([2H])c([2H])c(C)c3[2H])c2C(C)(C)C)c([2H])c1[2H]. The predicted molar refractivity (Wildman–Crippen MR) is 528 cm³/mol. The van der Waals surface area contributed by atoms with E-state index in [1.54, 1.807) is 20.8 Å². The molecule has 0 aliphatic carbocycles.